The Hall–Kier alpha value is -2.95. The summed E-state index contributed by atoms with van der Waals surface area (Å²) in [6.45, 7) is 1.43. The number of hydrogen-bond acceptors (Lipinski definition) is 3. The van der Waals surface area contributed by atoms with Gasteiger partial charge in [0.05, 0.1) is 0 Å². The average molecular weight is 350 g/mol. The Morgan fingerprint density at radius 3 is 2.38 bits per heavy atom. The molecule has 0 saturated carbocycles. The van der Waals surface area contributed by atoms with Gasteiger partial charge in [-0.1, -0.05) is 18.2 Å². The number of anilines is 2. The molecule has 1 aliphatic carbocycles. The zero-order valence-electron chi connectivity index (χ0n) is 14.8. The third kappa shape index (κ3) is 4.57. The maximum absolute atomic E-state index is 12.3. The van der Waals surface area contributed by atoms with Gasteiger partial charge in [0, 0.05) is 36.7 Å². The van der Waals surface area contributed by atoms with Gasteiger partial charge in [0.2, 0.25) is 11.8 Å². The van der Waals surface area contributed by atoms with E-state index in [1.807, 2.05) is 18.2 Å². The van der Waals surface area contributed by atoms with Crippen molar-refractivity contribution in [2.45, 2.75) is 39.0 Å². The van der Waals surface area contributed by atoms with Crippen molar-refractivity contribution in [1.29, 1.82) is 0 Å². The minimum absolute atomic E-state index is 0.0122. The van der Waals surface area contributed by atoms with Gasteiger partial charge < -0.3 is 10.6 Å². The summed E-state index contributed by atoms with van der Waals surface area (Å²) >= 11 is 0. The Bertz CT molecular complexity index is 858. The first-order valence-corrected chi connectivity index (χ1v) is 8.84. The van der Waals surface area contributed by atoms with Crippen LogP contribution in [0.1, 0.15) is 47.7 Å². The molecule has 0 heterocycles. The molecule has 0 saturated heterocycles. The number of carbonyl (C=O) groups excluding carboxylic acids is 3. The highest BCUT2D eigenvalue weighted by Crippen LogP contribution is 2.23. The molecule has 0 atom stereocenters. The fraction of sp³-hybridized carbons (Fsp3) is 0.286. The van der Waals surface area contributed by atoms with E-state index in [-0.39, 0.29) is 30.4 Å². The molecule has 5 nitrogen and oxygen atoms in total. The van der Waals surface area contributed by atoms with Crippen molar-refractivity contribution in [2.75, 3.05) is 10.6 Å². The molecule has 2 aromatic rings. The van der Waals surface area contributed by atoms with Crippen LogP contribution in [0.25, 0.3) is 0 Å². The van der Waals surface area contributed by atoms with Gasteiger partial charge in [0.15, 0.2) is 5.78 Å². The van der Waals surface area contributed by atoms with Crippen LogP contribution in [0.4, 0.5) is 11.4 Å². The molecule has 2 amide bonds. The molecule has 0 unspecified atom stereocenters. The maximum Gasteiger partial charge on any atom is 0.224 e. The van der Waals surface area contributed by atoms with Crippen molar-refractivity contribution in [3.63, 3.8) is 0 Å². The van der Waals surface area contributed by atoms with Gasteiger partial charge >= 0.3 is 0 Å². The molecular formula is C21H22N2O3. The third-order valence-electron chi connectivity index (χ3n) is 4.47. The zero-order valence-corrected chi connectivity index (χ0v) is 14.8. The van der Waals surface area contributed by atoms with Crippen LogP contribution in [0.5, 0.6) is 0 Å². The second-order valence-electron chi connectivity index (χ2n) is 6.57. The van der Waals surface area contributed by atoms with Gasteiger partial charge in [-0.15, -0.1) is 0 Å². The van der Waals surface area contributed by atoms with Crippen molar-refractivity contribution in [3.8, 4) is 0 Å². The number of fused-ring (bicyclic) bond motifs is 1. The van der Waals surface area contributed by atoms with Crippen LogP contribution in [-0.4, -0.2) is 17.6 Å². The molecule has 0 spiro atoms. The highest BCUT2D eigenvalue weighted by Gasteiger charge is 2.15. The van der Waals surface area contributed by atoms with Crippen molar-refractivity contribution >= 4 is 29.0 Å². The quantitative estimate of drug-likeness (QED) is 0.780. The SMILES string of the molecule is CC(=O)Nc1cccc(NC(=O)CCC(=O)c2ccc3c(c2)CCC3)c1. The van der Waals surface area contributed by atoms with Crippen LogP contribution < -0.4 is 10.6 Å². The topological polar surface area (TPSA) is 75.3 Å². The molecule has 2 aromatic carbocycles. The number of Topliss-reactive ketones (excluding diaryl/α,β-unsaturated/α-hetero) is 1. The van der Waals surface area contributed by atoms with E-state index in [1.54, 1.807) is 24.3 Å². The summed E-state index contributed by atoms with van der Waals surface area (Å²) in [6, 6.07) is 12.8. The summed E-state index contributed by atoms with van der Waals surface area (Å²) < 4.78 is 0. The summed E-state index contributed by atoms with van der Waals surface area (Å²) in [6.07, 6.45) is 3.56. The number of benzene rings is 2. The van der Waals surface area contributed by atoms with Gasteiger partial charge in [0.25, 0.3) is 0 Å². The first-order valence-electron chi connectivity index (χ1n) is 8.84. The number of ketones is 1. The molecule has 0 aliphatic heterocycles. The molecule has 0 fully saturated rings. The second-order valence-corrected chi connectivity index (χ2v) is 6.57. The van der Waals surface area contributed by atoms with Gasteiger partial charge in [-0.3, -0.25) is 14.4 Å². The molecule has 26 heavy (non-hydrogen) atoms. The first kappa shape index (κ1) is 17.9. The van der Waals surface area contributed by atoms with Gasteiger partial charge in [-0.25, -0.2) is 0 Å². The summed E-state index contributed by atoms with van der Waals surface area (Å²) in [5.74, 6) is -0.408. The molecule has 134 valence electrons. The van der Waals surface area contributed by atoms with Crippen molar-refractivity contribution in [1.82, 2.24) is 0 Å². The van der Waals surface area contributed by atoms with E-state index in [0.717, 1.165) is 19.3 Å². The van der Waals surface area contributed by atoms with Gasteiger partial charge in [-0.2, -0.15) is 0 Å². The van der Waals surface area contributed by atoms with E-state index in [1.165, 1.54) is 18.1 Å². The Morgan fingerprint density at radius 1 is 0.885 bits per heavy atom. The second kappa shape index (κ2) is 7.95. The van der Waals surface area contributed by atoms with Gasteiger partial charge in [-0.05, 0) is 54.7 Å². The summed E-state index contributed by atoms with van der Waals surface area (Å²) in [4.78, 5) is 35.6. The predicted octanol–water partition coefficient (Wildman–Crippen LogP) is 3.74. The largest absolute Gasteiger partial charge is 0.326 e. The van der Waals surface area contributed by atoms with E-state index < -0.39 is 0 Å². The Balaban J connectivity index is 1.54. The number of rotatable bonds is 6. The van der Waals surface area contributed by atoms with E-state index in [2.05, 4.69) is 10.6 Å². The fourth-order valence-corrected chi connectivity index (χ4v) is 3.22. The van der Waals surface area contributed by atoms with E-state index in [9.17, 15) is 14.4 Å². The van der Waals surface area contributed by atoms with Crippen LogP contribution in [0, 0.1) is 0 Å². The van der Waals surface area contributed by atoms with Crippen molar-refractivity contribution < 1.29 is 14.4 Å². The lowest BCUT2D eigenvalue weighted by atomic mass is 10.0. The molecule has 1 aliphatic rings. The summed E-state index contributed by atoms with van der Waals surface area (Å²) in [7, 11) is 0. The van der Waals surface area contributed by atoms with Crippen LogP contribution in [0.2, 0.25) is 0 Å². The lowest BCUT2D eigenvalue weighted by Crippen LogP contribution is -2.14. The fourth-order valence-electron chi connectivity index (χ4n) is 3.22. The zero-order chi connectivity index (χ0) is 18.5. The van der Waals surface area contributed by atoms with E-state index >= 15 is 0 Å². The number of carbonyl (C=O) groups is 3. The van der Waals surface area contributed by atoms with Crippen LogP contribution in [-0.2, 0) is 22.4 Å². The average Bonchev–Trinajstić information content (AvgIpc) is 3.07. The van der Waals surface area contributed by atoms with Crippen molar-refractivity contribution in [3.05, 3.63) is 59.2 Å². The van der Waals surface area contributed by atoms with Gasteiger partial charge in [0.1, 0.15) is 0 Å². The first-order chi connectivity index (χ1) is 12.5. The minimum atomic E-state index is -0.223. The Labute approximate surface area is 152 Å². The summed E-state index contributed by atoms with van der Waals surface area (Å²) in [5, 5.41) is 5.43. The lowest BCUT2D eigenvalue weighted by Gasteiger charge is -2.08. The monoisotopic (exact) mass is 350 g/mol. The lowest BCUT2D eigenvalue weighted by molar-refractivity contribution is -0.116. The Kier molecular flexibility index (Phi) is 5.46. The molecule has 0 bridgehead atoms. The highest BCUT2D eigenvalue weighted by molar-refractivity contribution is 6.00. The molecule has 0 aromatic heterocycles. The van der Waals surface area contributed by atoms with Crippen LogP contribution in [0.3, 0.4) is 0 Å². The summed E-state index contributed by atoms with van der Waals surface area (Å²) in [5.41, 5.74) is 4.48. The minimum Gasteiger partial charge on any atom is -0.326 e. The van der Waals surface area contributed by atoms with Crippen molar-refractivity contribution in [2.24, 2.45) is 0 Å². The molecule has 2 N–H and O–H groups in total. The number of hydrogen-bond donors (Lipinski definition) is 2. The van der Waals surface area contributed by atoms with Crippen LogP contribution in [0.15, 0.2) is 42.5 Å². The number of nitrogens with one attached hydrogen (secondary N) is 2. The molecule has 3 rings (SSSR count). The Morgan fingerprint density at radius 2 is 1.62 bits per heavy atom. The number of amides is 2. The van der Waals surface area contributed by atoms with E-state index in [4.69, 9.17) is 0 Å². The smallest absolute Gasteiger partial charge is 0.224 e. The molecule has 5 heteroatoms. The molecule has 0 radical (unpaired) electrons. The number of aryl methyl sites for hydroxylation is 2. The molecular weight excluding hydrogens is 328 g/mol. The standard InChI is InChI=1S/C21H22N2O3/c1-14(24)22-18-6-3-7-19(13-18)23-21(26)11-10-20(25)17-9-8-15-4-2-5-16(15)12-17/h3,6-9,12-13H,2,4-5,10-11H2,1H3,(H,22,24)(H,23,26). The normalized spacial score (nSPS) is 12.3. The maximum atomic E-state index is 12.3. The van der Waals surface area contributed by atoms with Crippen LogP contribution >= 0.6 is 0 Å². The predicted molar refractivity (Wildman–Crippen MR) is 101 cm³/mol. The van der Waals surface area contributed by atoms with E-state index in [0.29, 0.717) is 16.9 Å². The third-order valence-corrected chi connectivity index (χ3v) is 4.47. The highest BCUT2D eigenvalue weighted by atomic mass is 16.2.